The Kier molecular flexibility index (Phi) is 19.2. The van der Waals surface area contributed by atoms with Crippen molar-refractivity contribution in [1.82, 2.24) is 5.32 Å². The molecule has 0 saturated heterocycles. The highest BCUT2D eigenvalue weighted by molar-refractivity contribution is 8.11. The summed E-state index contributed by atoms with van der Waals surface area (Å²) in [7, 11) is 0. The van der Waals surface area contributed by atoms with Crippen LogP contribution in [0.3, 0.4) is 0 Å². The maximum atomic E-state index is 4.88. The van der Waals surface area contributed by atoms with Crippen molar-refractivity contribution in [3.05, 3.63) is 0 Å². The summed E-state index contributed by atoms with van der Waals surface area (Å²) >= 11 is 8.95. The van der Waals surface area contributed by atoms with Gasteiger partial charge in [0, 0.05) is 6.54 Å². The van der Waals surface area contributed by atoms with Gasteiger partial charge in [-0.2, -0.15) is 0 Å². The Morgan fingerprint density at radius 3 is 1.43 bits per heavy atom. The first-order valence-electron chi connectivity index (χ1n) is 12.8. The lowest BCUT2D eigenvalue weighted by Gasteiger charge is -2.21. The molecule has 1 N–H and O–H groups in total. The SMILES string of the molecule is S=C(S)NCCCCCCCCCCCCCCCCCCC1CCCCC1. The van der Waals surface area contributed by atoms with Crippen LogP contribution >= 0.6 is 24.8 Å². The molecule has 0 heterocycles. The van der Waals surface area contributed by atoms with Crippen LogP contribution in [0.4, 0.5) is 0 Å². The van der Waals surface area contributed by atoms with Crippen molar-refractivity contribution in [2.24, 2.45) is 5.92 Å². The average molecular weight is 428 g/mol. The number of rotatable bonds is 19. The summed E-state index contributed by atoms with van der Waals surface area (Å²) in [6, 6.07) is 0. The molecule has 0 aromatic carbocycles. The second kappa shape index (κ2) is 20.5. The molecule has 1 rings (SSSR count). The Hall–Kier alpha value is 0.240. The molecule has 0 aromatic heterocycles. The lowest BCUT2D eigenvalue weighted by Crippen LogP contribution is -2.17. The minimum Gasteiger partial charge on any atom is -0.371 e. The van der Waals surface area contributed by atoms with Crippen LogP contribution in [0.2, 0.25) is 0 Å². The van der Waals surface area contributed by atoms with Gasteiger partial charge < -0.3 is 5.32 Å². The van der Waals surface area contributed by atoms with Crippen molar-refractivity contribution in [3.63, 3.8) is 0 Å². The Morgan fingerprint density at radius 1 is 0.607 bits per heavy atom. The maximum absolute atomic E-state index is 4.88. The number of nitrogens with one attached hydrogen (secondary N) is 1. The second-order valence-electron chi connectivity index (χ2n) is 9.18. The van der Waals surface area contributed by atoms with Gasteiger partial charge in [-0.1, -0.05) is 147 Å². The highest BCUT2D eigenvalue weighted by Gasteiger charge is 2.12. The van der Waals surface area contributed by atoms with E-state index in [2.05, 4.69) is 17.9 Å². The number of hydrogen-bond donors (Lipinski definition) is 2. The highest BCUT2D eigenvalue weighted by atomic mass is 32.1. The summed E-state index contributed by atoms with van der Waals surface area (Å²) < 4.78 is 0.630. The van der Waals surface area contributed by atoms with E-state index < -0.39 is 0 Å². The Bertz CT molecular complexity index is 339. The second-order valence-corrected chi connectivity index (χ2v) is 10.3. The first kappa shape index (κ1) is 26.3. The molecule has 0 aliphatic heterocycles. The number of thiocarbonyl (C=S) groups is 1. The van der Waals surface area contributed by atoms with E-state index in [4.69, 9.17) is 12.2 Å². The molecule has 1 fully saturated rings. The van der Waals surface area contributed by atoms with E-state index in [9.17, 15) is 0 Å². The molecule has 0 radical (unpaired) electrons. The summed E-state index contributed by atoms with van der Waals surface area (Å²) in [6.07, 6.45) is 32.1. The molecule has 0 unspecified atom stereocenters. The topological polar surface area (TPSA) is 12.0 Å². The minimum absolute atomic E-state index is 0.630. The first-order chi connectivity index (χ1) is 13.8. The van der Waals surface area contributed by atoms with Crippen molar-refractivity contribution >= 4 is 29.2 Å². The fourth-order valence-corrected chi connectivity index (χ4v) is 4.92. The van der Waals surface area contributed by atoms with E-state index in [0.717, 1.165) is 12.5 Å². The molecule has 1 nitrogen and oxygen atoms in total. The van der Waals surface area contributed by atoms with Gasteiger partial charge in [0.1, 0.15) is 4.32 Å². The zero-order valence-corrected chi connectivity index (χ0v) is 20.4. The molecule has 28 heavy (non-hydrogen) atoms. The third-order valence-corrected chi connectivity index (χ3v) is 6.84. The molecule has 1 aliphatic rings. The third-order valence-electron chi connectivity index (χ3n) is 6.54. The summed E-state index contributed by atoms with van der Waals surface area (Å²) in [6.45, 7) is 0.989. The van der Waals surface area contributed by atoms with Gasteiger partial charge in [0.15, 0.2) is 0 Å². The van der Waals surface area contributed by atoms with E-state index in [1.165, 1.54) is 141 Å². The lowest BCUT2D eigenvalue weighted by atomic mass is 9.85. The van der Waals surface area contributed by atoms with Crippen molar-refractivity contribution in [2.75, 3.05) is 6.54 Å². The van der Waals surface area contributed by atoms with Crippen molar-refractivity contribution in [3.8, 4) is 0 Å². The number of hydrogen-bond acceptors (Lipinski definition) is 1. The van der Waals surface area contributed by atoms with Gasteiger partial charge in [-0.05, 0) is 12.3 Å². The van der Waals surface area contributed by atoms with Crippen LogP contribution in [-0.2, 0) is 0 Å². The van der Waals surface area contributed by atoms with Crippen LogP contribution < -0.4 is 5.32 Å². The summed E-state index contributed by atoms with van der Waals surface area (Å²) in [5.41, 5.74) is 0. The third kappa shape index (κ3) is 18.3. The van der Waals surface area contributed by atoms with Crippen LogP contribution in [0.15, 0.2) is 0 Å². The van der Waals surface area contributed by atoms with Gasteiger partial charge in [0.2, 0.25) is 0 Å². The molecule has 3 heteroatoms. The van der Waals surface area contributed by atoms with E-state index >= 15 is 0 Å². The van der Waals surface area contributed by atoms with Crippen LogP contribution in [0.5, 0.6) is 0 Å². The van der Waals surface area contributed by atoms with Gasteiger partial charge in [-0.25, -0.2) is 0 Å². The van der Waals surface area contributed by atoms with Crippen LogP contribution in [0.25, 0.3) is 0 Å². The minimum atomic E-state index is 0.630. The summed E-state index contributed by atoms with van der Waals surface area (Å²) in [5, 5.41) is 3.11. The van der Waals surface area contributed by atoms with Gasteiger partial charge in [0.25, 0.3) is 0 Å². The van der Waals surface area contributed by atoms with E-state index in [-0.39, 0.29) is 0 Å². The van der Waals surface area contributed by atoms with Crippen molar-refractivity contribution < 1.29 is 0 Å². The lowest BCUT2D eigenvalue weighted by molar-refractivity contribution is 0.328. The average Bonchev–Trinajstić information content (AvgIpc) is 2.70. The molecule has 0 atom stereocenters. The van der Waals surface area contributed by atoms with E-state index in [1.54, 1.807) is 0 Å². The summed E-state index contributed by atoms with van der Waals surface area (Å²) in [4.78, 5) is 0. The molecule has 0 aromatic rings. The van der Waals surface area contributed by atoms with Gasteiger partial charge in [-0.15, -0.1) is 12.6 Å². The van der Waals surface area contributed by atoms with Crippen LogP contribution in [0.1, 0.15) is 141 Å². The molecule has 0 bridgehead atoms. The Balaban J connectivity index is 1.65. The molecule has 166 valence electrons. The fourth-order valence-electron chi connectivity index (χ4n) is 4.70. The fraction of sp³-hybridized carbons (Fsp3) is 0.960. The zero-order valence-electron chi connectivity index (χ0n) is 18.7. The summed E-state index contributed by atoms with van der Waals surface area (Å²) in [5.74, 6) is 1.09. The van der Waals surface area contributed by atoms with Gasteiger partial charge >= 0.3 is 0 Å². The highest BCUT2D eigenvalue weighted by Crippen LogP contribution is 2.28. The van der Waals surface area contributed by atoms with Gasteiger partial charge in [0.05, 0.1) is 0 Å². The normalized spacial score (nSPS) is 15.0. The first-order valence-corrected chi connectivity index (χ1v) is 13.6. The number of thiol groups is 1. The molecule has 1 aliphatic carbocycles. The molecule has 0 spiro atoms. The number of unbranched alkanes of at least 4 members (excludes halogenated alkanes) is 15. The standard InChI is InChI=1S/C25H49NS2/c27-25(28)26-23-19-14-12-10-8-6-4-2-1-3-5-7-9-11-13-16-20-24-21-17-15-18-22-24/h24H,1-23H2,(H2,26,27,28). The van der Waals surface area contributed by atoms with E-state index in [0.29, 0.717) is 4.32 Å². The predicted molar refractivity (Wildman–Crippen MR) is 135 cm³/mol. The maximum Gasteiger partial charge on any atom is 0.130 e. The molecular formula is C25H49NS2. The zero-order chi connectivity index (χ0) is 20.1. The smallest absolute Gasteiger partial charge is 0.130 e. The largest absolute Gasteiger partial charge is 0.371 e. The quantitative estimate of drug-likeness (QED) is 0.121. The van der Waals surface area contributed by atoms with E-state index in [1.807, 2.05) is 0 Å². The Morgan fingerprint density at radius 2 is 1.00 bits per heavy atom. The van der Waals surface area contributed by atoms with Gasteiger partial charge in [-0.3, -0.25) is 0 Å². The monoisotopic (exact) mass is 427 g/mol. The Labute approximate surface area is 188 Å². The van der Waals surface area contributed by atoms with Crippen LogP contribution in [0, 0.1) is 5.92 Å². The predicted octanol–water partition coefficient (Wildman–Crippen LogP) is 9.00. The van der Waals surface area contributed by atoms with Crippen LogP contribution in [-0.4, -0.2) is 10.9 Å². The molecule has 1 saturated carbocycles. The molecule has 0 amide bonds. The van der Waals surface area contributed by atoms with Crippen molar-refractivity contribution in [1.29, 1.82) is 0 Å². The van der Waals surface area contributed by atoms with Crippen molar-refractivity contribution in [2.45, 2.75) is 141 Å². The molecular weight excluding hydrogens is 378 g/mol.